The molecule has 1 aliphatic heterocycles. The van der Waals surface area contributed by atoms with E-state index < -0.39 is 0 Å². The molecule has 1 aromatic heterocycles. The van der Waals surface area contributed by atoms with Gasteiger partial charge < -0.3 is 9.47 Å². The number of aromatic nitrogens is 1. The fourth-order valence-corrected chi connectivity index (χ4v) is 2.32. The minimum atomic E-state index is 0.116. The second-order valence-electron chi connectivity index (χ2n) is 4.56. The molecule has 0 N–H and O–H groups in total. The maximum absolute atomic E-state index is 5.87. The van der Waals surface area contributed by atoms with E-state index >= 15 is 0 Å². The van der Waals surface area contributed by atoms with Crippen LogP contribution in [0.2, 0.25) is 0 Å². The number of ether oxygens (including phenoxy) is 2. The van der Waals surface area contributed by atoms with Gasteiger partial charge in [0.15, 0.2) is 0 Å². The molecule has 1 aliphatic rings. The SMILES string of the molecule is COc1ncccc1CN1CC(CCl)OCC1C. The van der Waals surface area contributed by atoms with Crippen molar-refractivity contribution in [3.63, 3.8) is 0 Å². The van der Waals surface area contributed by atoms with Crippen LogP contribution in [0.5, 0.6) is 5.88 Å². The first-order chi connectivity index (χ1) is 8.74. The highest BCUT2D eigenvalue weighted by molar-refractivity contribution is 6.18. The maximum atomic E-state index is 5.87. The molecule has 0 radical (unpaired) electrons. The molecule has 1 aromatic rings. The number of hydrogen-bond acceptors (Lipinski definition) is 4. The lowest BCUT2D eigenvalue weighted by molar-refractivity contribution is -0.0512. The average molecular weight is 271 g/mol. The highest BCUT2D eigenvalue weighted by Crippen LogP contribution is 2.20. The quantitative estimate of drug-likeness (QED) is 0.783. The van der Waals surface area contributed by atoms with Crippen LogP contribution in [0, 0.1) is 0 Å². The Morgan fingerprint density at radius 1 is 1.61 bits per heavy atom. The van der Waals surface area contributed by atoms with Crippen LogP contribution in [0.25, 0.3) is 0 Å². The molecule has 0 spiro atoms. The Labute approximate surface area is 113 Å². The molecule has 2 unspecified atom stereocenters. The van der Waals surface area contributed by atoms with Crippen molar-refractivity contribution in [2.24, 2.45) is 0 Å². The summed E-state index contributed by atoms with van der Waals surface area (Å²) in [5, 5.41) is 0. The van der Waals surface area contributed by atoms with Gasteiger partial charge in [-0.25, -0.2) is 4.98 Å². The van der Waals surface area contributed by atoms with Gasteiger partial charge in [0.05, 0.1) is 19.8 Å². The predicted octanol–water partition coefficient (Wildman–Crippen LogP) is 1.92. The van der Waals surface area contributed by atoms with Crippen LogP contribution in [-0.2, 0) is 11.3 Å². The molecule has 0 aliphatic carbocycles. The van der Waals surface area contributed by atoms with Gasteiger partial charge in [0.1, 0.15) is 0 Å². The Hall–Kier alpha value is -0.840. The van der Waals surface area contributed by atoms with Crippen molar-refractivity contribution >= 4 is 11.6 Å². The summed E-state index contributed by atoms with van der Waals surface area (Å²) in [5.41, 5.74) is 1.10. The van der Waals surface area contributed by atoms with Crippen LogP contribution in [0.3, 0.4) is 0 Å². The van der Waals surface area contributed by atoms with Crippen molar-refractivity contribution < 1.29 is 9.47 Å². The van der Waals surface area contributed by atoms with Crippen LogP contribution in [0.4, 0.5) is 0 Å². The van der Waals surface area contributed by atoms with Crippen LogP contribution in [-0.4, -0.2) is 48.2 Å². The molecule has 0 bridgehead atoms. The standard InChI is InChI=1S/C13H19ClN2O2/c1-10-9-18-12(6-14)8-16(10)7-11-4-3-5-15-13(11)17-2/h3-5,10,12H,6-9H2,1-2H3. The lowest BCUT2D eigenvalue weighted by atomic mass is 10.1. The minimum absolute atomic E-state index is 0.116. The fourth-order valence-electron chi connectivity index (χ4n) is 2.14. The van der Waals surface area contributed by atoms with Gasteiger partial charge in [0.25, 0.3) is 0 Å². The van der Waals surface area contributed by atoms with Crippen LogP contribution >= 0.6 is 11.6 Å². The Morgan fingerprint density at radius 2 is 2.44 bits per heavy atom. The number of alkyl halides is 1. The second kappa shape index (κ2) is 6.36. The number of rotatable bonds is 4. The summed E-state index contributed by atoms with van der Waals surface area (Å²) in [4.78, 5) is 6.58. The summed E-state index contributed by atoms with van der Waals surface area (Å²) in [7, 11) is 1.65. The molecule has 100 valence electrons. The number of morpholine rings is 1. The molecule has 2 rings (SSSR count). The zero-order valence-electron chi connectivity index (χ0n) is 10.8. The lowest BCUT2D eigenvalue weighted by Gasteiger charge is -2.37. The third kappa shape index (κ3) is 3.13. The Balaban J connectivity index is 2.07. The summed E-state index contributed by atoms with van der Waals surface area (Å²) < 4.78 is 10.9. The van der Waals surface area contributed by atoms with E-state index in [1.807, 2.05) is 12.1 Å². The molecule has 1 saturated heterocycles. The van der Waals surface area contributed by atoms with Gasteiger partial charge in [-0.15, -0.1) is 11.6 Å². The topological polar surface area (TPSA) is 34.6 Å². The van der Waals surface area contributed by atoms with E-state index in [0.29, 0.717) is 17.8 Å². The molecule has 0 amide bonds. The zero-order chi connectivity index (χ0) is 13.0. The molecular weight excluding hydrogens is 252 g/mol. The van der Waals surface area contributed by atoms with Crippen LogP contribution in [0.1, 0.15) is 12.5 Å². The molecule has 18 heavy (non-hydrogen) atoms. The van der Waals surface area contributed by atoms with Gasteiger partial charge >= 0.3 is 0 Å². The average Bonchev–Trinajstić information content (AvgIpc) is 2.42. The first-order valence-electron chi connectivity index (χ1n) is 6.14. The predicted molar refractivity (Wildman–Crippen MR) is 71.1 cm³/mol. The summed E-state index contributed by atoms with van der Waals surface area (Å²) in [6, 6.07) is 4.36. The van der Waals surface area contributed by atoms with Gasteiger partial charge in [-0.1, -0.05) is 6.07 Å². The Morgan fingerprint density at radius 3 is 3.17 bits per heavy atom. The number of halogens is 1. The number of nitrogens with zero attached hydrogens (tertiary/aromatic N) is 2. The molecule has 2 atom stereocenters. The maximum Gasteiger partial charge on any atom is 0.217 e. The number of pyridine rings is 1. The molecular formula is C13H19ClN2O2. The van der Waals surface area contributed by atoms with Crippen molar-refractivity contribution in [3.05, 3.63) is 23.9 Å². The van der Waals surface area contributed by atoms with Gasteiger partial charge in [0.2, 0.25) is 5.88 Å². The van der Waals surface area contributed by atoms with E-state index in [2.05, 4.69) is 16.8 Å². The molecule has 5 heteroatoms. The Kier molecular flexibility index (Phi) is 4.80. The van der Waals surface area contributed by atoms with Crippen LogP contribution < -0.4 is 4.74 Å². The molecule has 4 nitrogen and oxygen atoms in total. The van der Waals surface area contributed by atoms with Gasteiger partial charge in [0, 0.05) is 36.8 Å². The molecule has 0 saturated carbocycles. The highest BCUT2D eigenvalue weighted by atomic mass is 35.5. The molecule has 2 heterocycles. The van der Waals surface area contributed by atoms with Crippen molar-refractivity contribution in [2.75, 3.05) is 26.1 Å². The Bertz CT molecular complexity index is 389. The van der Waals surface area contributed by atoms with E-state index in [1.54, 1.807) is 13.3 Å². The monoisotopic (exact) mass is 270 g/mol. The van der Waals surface area contributed by atoms with Crippen molar-refractivity contribution in [3.8, 4) is 5.88 Å². The fraction of sp³-hybridized carbons (Fsp3) is 0.615. The van der Waals surface area contributed by atoms with E-state index in [0.717, 1.165) is 25.3 Å². The summed E-state index contributed by atoms with van der Waals surface area (Å²) in [6.07, 6.45) is 1.86. The largest absolute Gasteiger partial charge is 0.481 e. The third-order valence-corrected chi connectivity index (χ3v) is 3.57. The van der Waals surface area contributed by atoms with E-state index in [1.165, 1.54) is 0 Å². The molecule has 1 fully saturated rings. The van der Waals surface area contributed by atoms with Gasteiger partial charge in [-0.05, 0) is 13.0 Å². The molecule has 0 aromatic carbocycles. The highest BCUT2D eigenvalue weighted by Gasteiger charge is 2.26. The smallest absolute Gasteiger partial charge is 0.217 e. The van der Waals surface area contributed by atoms with Crippen molar-refractivity contribution in [1.82, 2.24) is 9.88 Å². The first kappa shape index (κ1) is 13.6. The summed E-state index contributed by atoms with van der Waals surface area (Å²) in [5.74, 6) is 1.23. The summed E-state index contributed by atoms with van der Waals surface area (Å²) >= 11 is 5.87. The normalized spacial score (nSPS) is 25.1. The third-order valence-electron chi connectivity index (χ3n) is 3.22. The van der Waals surface area contributed by atoms with E-state index in [4.69, 9.17) is 21.1 Å². The van der Waals surface area contributed by atoms with E-state index in [-0.39, 0.29) is 6.10 Å². The van der Waals surface area contributed by atoms with Gasteiger partial charge in [-0.2, -0.15) is 0 Å². The number of hydrogen-bond donors (Lipinski definition) is 0. The zero-order valence-corrected chi connectivity index (χ0v) is 11.6. The lowest BCUT2D eigenvalue weighted by Crippen LogP contribution is -2.48. The van der Waals surface area contributed by atoms with Crippen LogP contribution in [0.15, 0.2) is 18.3 Å². The second-order valence-corrected chi connectivity index (χ2v) is 4.87. The van der Waals surface area contributed by atoms with E-state index in [9.17, 15) is 0 Å². The van der Waals surface area contributed by atoms with Gasteiger partial charge in [-0.3, -0.25) is 4.90 Å². The van der Waals surface area contributed by atoms with Crippen molar-refractivity contribution in [1.29, 1.82) is 0 Å². The minimum Gasteiger partial charge on any atom is -0.481 e. The first-order valence-corrected chi connectivity index (χ1v) is 6.67. The summed E-state index contributed by atoms with van der Waals surface area (Å²) in [6.45, 7) is 4.55. The number of methoxy groups -OCH3 is 1. The van der Waals surface area contributed by atoms with Crippen molar-refractivity contribution in [2.45, 2.75) is 25.6 Å².